The molecule has 0 bridgehead atoms. The molecule has 1 atom stereocenters. The Morgan fingerprint density at radius 2 is 2.08 bits per heavy atom. The molecule has 1 N–H and O–H groups in total. The van der Waals surface area contributed by atoms with Gasteiger partial charge in [0.25, 0.3) is 5.91 Å². The average Bonchev–Trinajstić information content (AvgIpc) is 2.95. The van der Waals surface area contributed by atoms with Crippen molar-refractivity contribution >= 4 is 11.8 Å². The van der Waals surface area contributed by atoms with E-state index in [1.807, 2.05) is 0 Å². The minimum absolute atomic E-state index is 0.0637. The quantitative estimate of drug-likeness (QED) is 0.854. The molecule has 0 aromatic heterocycles. The molecule has 25 heavy (non-hydrogen) atoms. The molecule has 0 saturated carbocycles. The van der Waals surface area contributed by atoms with E-state index < -0.39 is 0 Å². The maximum absolute atomic E-state index is 13.3. The summed E-state index contributed by atoms with van der Waals surface area (Å²) in [6, 6.07) is 4.08. The summed E-state index contributed by atoms with van der Waals surface area (Å²) in [6.45, 7) is 6.91. The van der Waals surface area contributed by atoms with Crippen LogP contribution in [-0.4, -0.2) is 73.6 Å². The van der Waals surface area contributed by atoms with Gasteiger partial charge in [0.15, 0.2) is 0 Å². The zero-order valence-electron chi connectivity index (χ0n) is 14.5. The second-order valence-corrected chi connectivity index (χ2v) is 6.63. The number of carbonyl (C=O) groups is 2. The summed E-state index contributed by atoms with van der Waals surface area (Å²) in [5, 5.41) is 2.88. The van der Waals surface area contributed by atoms with Gasteiger partial charge in [-0.05, 0) is 30.7 Å². The largest absolute Gasteiger partial charge is 0.379 e. The summed E-state index contributed by atoms with van der Waals surface area (Å²) in [6.07, 6.45) is 0.315. The van der Waals surface area contributed by atoms with Gasteiger partial charge in [-0.15, -0.1) is 0 Å². The molecule has 2 aliphatic heterocycles. The van der Waals surface area contributed by atoms with E-state index in [4.69, 9.17) is 4.74 Å². The molecule has 2 aliphatic rings. The molecule has 2 amide bonds. The maximum atomic E-state index is 13.3. The van der Waals surface area contributed by atoms with Crippen LogP contribution in [0, 0.1) is 12.7 Å². The van der Waals surface area contributed by atoms with Crippen molar-refractivity contribution in [3.63, 3.8) is 0 Å². The van der Waals surface area contributed by atoms with E-state index in [1.54, 1.807) is 11.8 Å². The van der Waals surface area contributed by atoms with Gasteiger partial charge in [0.05, 0.1) is 19.3 Å². The second kappa shape index (κ2) is 7.93. The predicted octanol–water partition coefficient (Wildman–Crippen LogP) is 0.797. The van der Waals surface area contributed by atoms with Crippen LogP contribution in [0.1, 0.15) is 22.3 Å². The Bertz CT molecular complexity index is 646. The third-order valence-electron chi connectivity index (χ3n) is 4.76. The Labute approximate surface area is 146 Å². The molecule has 2 saturated heterocycles. The molecule has 0 radical (unpaired) electrons. The number of morpholine rings is 1. The molecule has 0 spiro atoms. The molecule has 1 aromatic carbocycles. The number of aryl methyl sites for hydroxylation is 1. The van der Waals surface area contributed by atoms with Gasteiger partial charge in [-0.25, -0.2) is 4.39 Å². The van der Waals surface area contributed by atoms with Gasteiger partial charge in [0.2, 0.25) is 5.91 Å². The highest BCUT2D eigenvalue weighted by atomic mass is 19.1. The number of carbonyl (C=O) groups excluding carboxylic acids is 2. The highest BCUT2D eigenvalue weighted by Crippen LogP contribution is 2.14. The minimum atomic E-state index is -0.332. The summed E-state index contributed by atoms with van der Waals surface area (Å²) in [4.78, 5) is 28.5. The first kappa shape index (κ1) is 17.8. The number of halogens is 1. The summed E-state index contributed by atoms with van der Waals surface area (Å²) in [7, 11) is 0. The van der Waals surface area contributed by atoms with Crippen molar-refractivity contribution in [2.75, 3.05) is 45.9 Å². The van der Waals surface area contributed by atoms with Gasteiger partial charge < -0.3 is 15.0 Å². The number of ether oxygens (including phenoxy) is 1. The summed E-state index contributed by atoms with van der Waals surface area (Å²) >= 11 is 0. The van der Waals surface area contributed by atoms with Crippen molar-refractivity contribution in [1.82, 2.24) is 15.1 Å². The van der Waals surface area contributed by atoms with E-state index in [1.165, 1.54) is 18.2 Å². The van der Waals surface area contributed by atoms with Gasteiger partial charge in [-0.3, -0.25) is 14.5 Å². The fraction of sp³-hybridized carbons (Fsp3) is 0.556. The fourth-order valence-corrected chi connectivity index (χ4v) is 3.23. The van der Waals surface area contributed by atoms with Crippen LogP contribution in [-0.2, 0) is 9.53 Å². The lowest BCUT2D eigenvalue weighted by molar-refractivity contribution is -0.128. The lowest BCUT2D eigenvalue weighted by Gasteiger charge is -2.28. The van der Waals surface area contributed by atoms with Crippen LogP contribution in [0.3, 0.4) is 0 Å². The standard InChI is InChI=1S/C18H24FN3O3/c1-13-10-14(2-3-16(13)19)18(24)20-15-11-17(23)22(12-15)5-4-21-6-8-25-9-7-21/h2-3,10,15H,4-9,11-12H2,1H3,(H,20,24). The van der Waals surface area contributed by atoms with Gasteiger partial charge in [0, 0.05) is 44.7 Å². The smallest absolute Gasteiger partial charge is 0.251 e. The van der Waals surface area contributed by atoms with E-state index in [0.29, 0.717) is 30.6 Å². The summed E-state index contributed by atoms with van der Waals surface area (Å²) < 4.78 is 18.6. The van der Waals surface area contributed by atoms with Crippen LogP contribution >= 0.6 is 0 Å². The number of benzene rings is 1. The number of rotatable bonds is 5. The third kappa shape index (κ3) is 4.55. The molecule has 3 rings (SSSR count). The highest BCUT2D eigenvalue weighted by molar-refractivity contribution is 5.95. The van der Waals surface area contributed by atoms with Crippen molar-refractivity contribution in [2.45, 2.75) is 19.4 Å². The third-order valence-corrected chi connectivity index (χ3v) is 4.76. The van der Waals surface area contributed by atoms with E-state index in [9.17, 15) is 14.0 Å². The van der Waals surface area contributed by atoms with Crippen LogP contribution in [0.5, 0.6) is 0 Å². The van der Waals surface area contributed by atoms with Gasteiger partial charge >= 0.3 is 0 Å². The number of nitrogens with zero attached hydrogens (tertiary/aromatic N) is 2. The number of amides is 2. The van der Waals surface area contributed by atoms with Crippen LogP contribution in [0.15, 0.2) is 18.2 Å². The van der Waals surface area contributed by atoms with Crippen LogP contribution < -0.4 is 5.32 Å². The maximum Gasteiger partial charge on any atom is 0.251 e. The monoisotopic (exact) mass is 349 g/mol. The fourth-order valence-electron chi connectivity index (χ4n) is 3.23. The average molecular weight is 349 g/mol. The molecule has 136 valence electrons. The first-order valence-corrected chi connectivity index (χ1v) is 8.68. The minimum Gasteiger partial charge on any atom is -0.379 e. The number of hydrogen-bond donors (Lipinski definition) is 1. The van der Waals surface area contributed by atoms with Crippen LogP contribution in [0.25, 0.3) is 0 Å². The molecule has 1 aromatic rings. The Morgan fingerprint density at radius 1 is 1.32 bits per heavy atom. The highest BCUT2D eigenvalue weighted by Gasteiger charge is 2.31. The first-order valence-electron chi connectivity index (χ1n) is 8.68. The number of hydrogen-bond acceptors (Lipinski definition) is 4. The second-order valence-electron chi connectivity index (χ2n) is 6.63. The van der Waals surface area contributed by atoms with E-state index >= 15 is 0 Å². The van der Waals surface area contributed by atoms with Crippen molar-refractivity contribution in [3.05, 3.63) is 35.1 Å². The van der Waals surface area contributed by atoms with Crippen LogP contribution in [0.4, 0.5) is 4.39 Å². The topological polar surface area (TPSA) is 61.9 Å². The summed E-state index contributed by atoms with van der Waals surface area (Å²) in [5.41, 5.74) is 0.848. The molecule has 7 heteroatoms. The molecule has 1 unspecified atom stereocenters. The molecule has 6 nitrogen and oxygen atoms in total. The molecule has 2 heterocycles. The normalized spacial score (nSPS) is 21.6. The van der Waals surface area contributed by atoms with Crippen molar-refractivity contribution in [1.29, 1.82) is 0 Å². The zero-order chi connectivity index (χ0) is 17.8. The number of likely N-dealkylation sites (tertiary alicyclic amines) is 1. The van der Waals surface area contributed by atoms with Gasteiger partial charge in [0.1, 0.15) is 5.82 Å². The van der Waals surface area contributed by atoms with Crippen molar-refractivity contribution in [3.8, 4) is 0 Å². The van der Waals surface area contributed by atoms with E-state index in [2.05, 4.69) is 10.2 Å². The molecule has 0 aliphatic carbocycles. The lowest BCUT2D eigenvalue weighted by Crippen LogP contribution is -2.42. The Kier molecular flexibility index (Phi) is 5.65. The first-order chi connectivity index (χ1) is 12.0. The van der Waals surface area contributed by atoms with E-state index in [0.717, 1.165) is 32.8 Å². The van der Waals surface area contributed by atoms with Crippen LogP contribution in [0.2, 0.25) is 0 Å². The van der Waals surface area contributed by atoms with Crippen molar-refractivity contribution in [2.24, 2.45) is 0 Å². The van der Waals surface area contributed by atoms with Crippen molar-refractivity contribution < 1.29 is 18.7 Å². The van der Waals surface area contributed by atoms with Gasteiger partial charge in [-0.1, -0.05) is 0 Å². The van der Waals surface area contributed by atoms with E-state index in [-0.39, 0.29) is 23.7 Å². The Hall–Kier alpha value is -1.99. The molecule has 2 fully saturated rings. The summed E-state index contributed by atoms with van der Waals surface area (Å²) in [5.74, 6) is -0.536. The SMILES string of the molecule is Cc1cc(C(=O)NC2CC(=O)N(CCN3CCOCC3)C2)ccc1F. The molecular weight excluding hydrogens is 325 g/mol. The predicted molar refractivity (Wildman–Crippen MR) is 90.8 cm³/mol. The number of nitrogens with one attached hydrogen (secondary N) is 1. The molecular formula is C18H24FN3O3. The lowest BCUT2D eigenvalue weighted by atomic mass is 10.1. The zero-order valence-corrected chi connectivity index (χ0v) is 14.5. The Morgan fingerprint density at radius 3 is 2.80 bits per heavy atom. The Balaban J connectivity index is 1.49. The van der Waals surface area contributed by atoms with Gasteiger partial charge in [-0.2, -0.15) is 0 Å².